The van der Waals surface area contributed by atoms with Crippen molar-refractivity contribution in [3.05, 3.63) is 23.2 Å². The summed E-state index contributed by atoms with van der Waals surface area (Å²) in [6.45, 7) is 8.82. The van der Waals surface area contributed by atoms with Gasteiger partial charge in [-0.2, -0.15) is 0 Å². The van der Waals surface area contributed by atoms with Crippen LogP contribution in [-0.2, 0) is 9.59 Å². The molecule has 0 atom stereocenters. The highest BCUT2D eigenvalue weighted by atomic mass is 35.5. The molecule has 0 spiro atoms. The summed E-state index contributed by atoms with van der Waals surface area (Å²) in [5.41, 5.74) is 1.70. The van der Waals surface area contributed by atoms with Crippen molar-refractivity contribution < 1.29 is 9.59 Å². The Morgan fingerprint density at radius 3 is 2.46 bits per heavy atom. The number of carbonyl (C=O) groups excluding carboxylic acids is 2. The molecule has 0 radical (unpaired) electrons. The molecule has 2 amide bonds. The minimum Gasteiger partial charge on any atom is -0.366 e. The standard InChI is InChI=1S/C18H26ClN3O2/c1-4-18(24)22-9-7-21(8-10-22)16-6-5-14(19)12-15(16)20-17(23)11-13(2)3/h5-6,12-13H,4,7-11H2,1-3H3,(H,20,23). The Kier molecular flexibility index (Phi) is 6.49. The Labute approximate surface area is 149 Å². The number of amides is 2. The van der Waals surface area contributed by atoms with Crippen LogP contribution < -0.4 is 10.2 Å². The maximum Gasteiger partial charge on any atom is 0.224 e. The Morgan fingerprint density at radius 2 is 1.88 bits per heavy atom. The van der Waals surface area contributed by atoms with Crippen LogP contribution in [0.2, 0.25) is 5.02 Å². The lowest BCUT2D eigenvalue weighted by Crippen LogP contribution is -2.48. The highest BCUT2D eigenvalue weighted by Crippen LogP contribution is 2.30. The fraction of sp³-hybridized carbons (Fsp3) is 0.556. The van der Waals surface area contributed by atoms with E-state index in [-0.39, 0.29) is 11.8 Å². The van der Waals surface area contributed by atoms with Gasteiger partial charge in [-0.25, -0.2) is 0 Å². The monoisotopic (exact) mass is 351 g/mol. The number of hydrogen-bond acceptors (Lipinski definition) is 3. The van der Waals surface area contributed by atoms with Crippen LogP contribution in [0, 0.1) is 5.92 Å². The normalized spacial score (nSPS) is 14.9. The third-order valence-corrected chi connectivity index (χ3v) is 4.34. The van der Waals surface area contributed by atoms with Crippen LogP contribution >= 0.6 is 11.6 Å². The zero-order valence-electron chi connectivity index (χ0n) is 14.6. The highest BCUT2D eigenvalue weighted by Gasteiger charge is 2.22. The van der Waals surface area contributed by atoms with Crippen LogP contribution in [0.3, 0.4) is 0 Å². The quantitative estimate of drug-likeness (QED) is 0.884. The summed E-state index contributed by atoms with van der Waals surface area (Å²) in [5.74, 6) is 0.487. The Hall–Kier alpha value is -1.75. The summed E-state index contributed by atoms with van der Waals surface area (Å²) in [6.07, 6.45) is 1.02. The molecule has 1 saturated heterocycles. The van der Waals surface area contributed by atoms with Crippen molar-refractivity contribution in [2.75, 3.05) is 36.4 Å². The topological polar surface area (TPSA) is 52.7 Å². The summed E-state index contributed by atoms with van der Waals surface area (Å²) in [6, 6.07) is 5.56. The summed E-state index contributed by atoms with van der Waals surface area (Å²) in [4.78, 5) is 28.0. The van der Waals surface area contributed by atoms with Gasteiger partial charge in [-0.1, -0.05) is 32.4 Å². The molecule has 1 aliphatic rings. The maximum atomic E-state index is 12.1. The second-order valence-electron chi connectivity index (χ2n) is 6.53. The number of carbonyl (C=O) groups is 2. The van der Waals surface area contributed by atoms with Gasteiger partial charge in [0.25, 0.3) is 0 Å². The molecule has 1 heterocycles. The molecule has 1 N–H and O–H groups in total. The van der Waals surface area contributed by atoms with Crippen LogP contribution in [0.4, 0.5) is 11.4 Å². The van der Waals surface area contributed by atoms with Gasteiger partial charge in [0.05, 0.1) is 11.4 Å². The van der Waals surface area contributed by atoms with E-state index in [1.54, 1.807) is 6.07 Å². The molecule has 1 fully saturated rings. The Balaban J connectivity index is 2.10. The third-order valence-electron chi connectivity index (χ3n) is 4.10. The van der Waals surface area contributed by atoms with E-state index in [1.807, 2.05) is 37.8 Å². The van der Waals surface area contributed by atoms with Crippen molar-refractivity contribution in [3.63, 3.8) is 0 Å². The smallest absolute Gasteiger partial charge is 0.224 e. The van der Waals surface area contributed by atoms with Gasteiger partial charge in [0, 0.05) is 44.0 Å². The van der Waals surface area contributed by atoms with Gasteiger partial charge < -0.3 is 15.1 Å². The number of nitrogens with zero attached hydrogens (tertiary/aromatic N) is 2. The van der Waals surface area contributed by atoms with E-state index in [4.69, 9.17) is 11.6 Å². The largest absolute Gasteiger partial charge is 0.366 e. The van der Waals surface area contributed by atoms with Crippen LogP contribution in [0.15, 0.2) is 18.2 Å². The molecule has 0 unspecified atom stereocenters. The van der Waals surface area contributed by atoms with E-state index >= 15 is 0 Å². The maximum absolute atomic E-state index is 12.1. The first-order chi connectivity index (χ1) is 11.4. The number of benzene rings is 1. The van der Waals surface area contributed by atoms with Crippen molar-refractivity contribution in [2.45, 2.75) is 33.6 Å². The third kappa shape index (κ3) is 4.87. The zero-order chi connectivity index (χ0) is 17.7. The lowest BCUT2D eigenvalue weighted by molar-refractivity contribution is -0.131. The zero-order valence-corrected chi connectivity index (χ0v) is 15.4. The van der Waals surface area contributed by atoms with Crippen molar-refractivity contribution >= 4 is 34.8 Å². The van der Waals surface area contributed by atoms with Gasteiger partial charge in [-0.15, -0.1) is 0 Å². The van der Waals surface area contributed by atoms with Crippen LogP contribution in [-0.4, -0.2) is 42.9 Å². The Bertz CT molecular complexity index is 596. The molecular formula is C18H26ClN3O2. The number of nitrogens with one attached hydrogen (secondary N) is 1. The van der Waals surface area contributed by atoms with Gasteiger partial charge >= 0.3 is 0 Å². The van der Waals surface area contributed by atoms with Gasteiger partial charge in [0.2, 0.25) is 11.8 Å². The summed E-state index contributed by atoms with van der Waals surface area (Å²) in [5, 5.41) is 3.58. The molecule has 0 aromatic heterocycles. The molecule has 1 aliphatic heterocycles. The minimum atomic E-state index is -0.00619. The number of hydrogen-bond donors (Lipinski definition) is 1. The van der Waals surface area contributed by atoms with E-state index in [0.29, 0.717) is 36.9 Å². The molecule has 0 bridgehead atoms. The lowest BCUT2D eigenvalue weighted by Gasteiger charge is -2.37. The van der Waals surface area contributed by atoms with Gasteiger partial charge in [-0.05, 0) is 24.1 Å². The lowest BCUT2D eigenvalue weighted by atomic mass is 10.1. The van der Waals surface area contributed by atoms with E-state index in [2.05, 4.69) is 10.2 Å². The van der Waals surface area contributed by atoms with Crippen LogP contribution in [0.5, 0.6) is 0 Å². The summed E-state index contributed by atoms with van der Waals surface area (Å²) >= 11 is 6.11. The fourth-order valence-electron chi connectivity index (χ4n) is 2.88. The van der Waals surface area contributed by atoms with E-state index in [9.17, 15) is 9.59 Å². The SMILES string of the molecule is CCC(=O)N1CCN(c2ccc(Cl)cc2NC(=O)CC(C)C)CC1. The second kappa shape index (κ2) is 8.38. The fourth-order valence-corrected chi connectivity index (χ4v) is 3.05. The summed E-state index contributed by atoms with van der Waals surface area (Å²) < 4.78 is 0. The number of anilines is 2. The number of piperazine rings is 1. The molecule has 1 aromatic rings. The van der Waals surface area contributed by atoms with Crippen molar-refractivity contribution in [1.82, 2.24) is 4.90 Å². The summed E-state index contributed by atoms with van der Waals surface area (Å²) in [7, 11) is 0. The van der Waals surface area contributed by atoms with Gasteiger partial charge in [0.1, 0.15) is 0 Å². The molecule has 0 saturated carbocycles. The first-order valence-corrected chi connectivity index (χ1v) is 8.90. The molecule has 6 heteroatoms. The number of rotatable bonds is 5. The second-order valence-corrected chi connectivity index (χ2v) is 6.97. The Morgan fingerprint density at radius 1 is 1.21 bits per heavy atom. The molecule has 5 nitrogen and oxygen atoms in total. The molecule has 1 aromatic carbocycles. The first kappa shape index (κ1) is 18.6. The predicted octanol–water partition coefficient (Wildman–Crippen LogP) is 3.38. The van der Waals surface area contributed by atoms with Crippen LogP contribution in [0.1, 0.15) is 33.6 Å². The first-order valence-electron chi connectivity index (χ1n) is 8.52. The molecule has 0 aliphatic carbocycles. The average Bonchev–Trinajstić information content (AvgIpc) is 2.53. The van der Waals surface area contributed by atoms with E-state index < -0.39 is 0 Å². The highest BCUT2D eigenvalue weighted by molar-refractivity contribution is 6.31. The molecule has 24 heavy (non-hydrogen) atoms. The van der Waals surface area contributed by atoms with Gasteiger partial charge in [-0.3, -0.25) is 9.59 Å². The predicted molar refractivity (Wildman–Crippen MR) is 98.6 cm³/mol. The average molecular weight is 352 g/mol. The van der Waals surface area contributed by atoms with E-state index in [0.717, 1.165) is 24.5 Å². The van der Waals surface area contributed by atoms with E-state index in [1.165, 1.54) is 0 Å². The van der Waals surface area contributed by atoms with Crippen LogP contribution in [0.25, 0.3) is 0 Å². The van der Waals surface area contributed by atoms with Crippen molar-refractivity contribution in [1.29, 1.82) is 0 Å². The van der Waals surface area contributed by atoms with Crippen molar-refractivity contribution in [2.24, 2.45) is 5.92 Å². The molecular weight excluding hydrogens is 326 g/mol. The number of halogens is 1. The molecule has 2 rings (SSSR count). The van der Waals surface area contributed by atoms with Gasteiger partial charge in [0.15, 0.2) is 0 Å². The minimum absolute atomic E-state index is 0.00619. The van der Waals surface area contributed by atoms with Crippen molar-refractivity contribution in [3.8, 4) is 0 Å². The molecule has 132 valence electrons.